The second kappa shape index (κ2) is 12.1. The van der Waals surface area contributed by atoms with Crippen molar-refractivity contribution in [2.45, 2.75) is 83.5 Å². The number of nitrogens with zero attached hydrogens (tertiary/aromatic N) is 1. The summed E-state index contributed by atoms with van der Waals surface area (Å²) in [6.45, 7) is 1.89. The molecule has 2 saturated carbocycles. The van der Waals surface area contributed by atoms with Crippen LogP contribution in [-0.2, 0) is 16.0 Å². The Labute approximate surface area is 186 Å². The summed E-state index contributed by atoms with van der Waals surface area (Å²) in [6, 6.07) is 7.99. The van der Waals surface area contributed by atoms with Crippen molar-refractivity contribution in [3.63, 3.8) is 0 Å². The first-order chi connectivity index (χ1) is 15.1. The minimum atomic E-state index is -0.825. The van der Waals surface area contributed by atoms with E-state index in [-0.39, 0.29) is 11.7 Å². The first-order valence-electron chi connectivity index (χ1n) is 12.1. The van der Waals surface area contributed by atoms with Gasteiger partial charge in [0.2, 0.25) is 5.91 Å². The van der Waals surface area contributed by atoms with Crippen molar-refractivity contribution in [1.82, 2.24) is 0 Å². The van der Waals surface area contributed by atoms with E-state index in [1.54, 1.807) is 0 Å². The van der Waals surface area contributed by atoms with Crippen LogP contribution in [0.15, 0.2) is 29.4 Å². The molecule has 6 nitrogen and oxygen atoms in total. The minimum Gasteiger partial charge on any atom is -0.409 e. The molecule has 0 heterocycles. The number of nitrogens with two attached hydrogens (primary N) is 1. The number of unbranched alkanes of at least 4 members (excludes halogenated alkanes) is 4. The molecule has 0 bridgehead atoms. The zero-order valence-electron chi connectivity index (χ0n) is 18.8. The molecular formula is C25H39N3O3. The number of carbonyl (C=O) groups excluding carboxylic acids is 1. The Morgan fingerprint density at radius 1 is 1.06 bits per heavy atom. The summed E-state index contributed by atoms with van der Waals surface area (Å²) < 4.78 is 5.88. The zero-order chi connectivity index (χ0) is 21.9. The van der Waals surface area contributed by atoms with Crippen LogP contribution in [0.4, 0.5) is 5.69 Å². The number of anilines is 1. The van der Waals surface area contributed by atoms with Gasteiger partial charge in [-0.1, -0.05) is 55.8 Å². The summed E-state index contributed by atoms with van der Waals surface area (Å²) in [5.74, 6) is 0.617. The number of hydrogen-bond acceptors (Lipinski definition) is 4. The van der Waals surface area contributed by atoms with Crippen molar-refractivity contribution < 1.29 is 14.7 Å². The van der Waals surface area contributed by atoms with Crippen LogP contribution < -0.4 is 11.1 Å². The number of amidine groups is 1. The lowest BCUT2D eigenvalue weighted by Crippen LogP contribution is -2.36. The van der Waals surface area contributed by atoms with Crippen molar-refractivity contribution in [1.29, 1.82) is 0 Å². The van der Waals surface area contributed by atoms with E-state index >= 15 is 0 Å². The fourth-order valence-electron chi connectivity index (χ4n) is 4.49. The Kier molecular flexibility index (Phi) is 9.19. The van der Waals surface area contributed by atoms with E-state index in [1.807, 2.05) is 12.1 Å². The van der Waals surface area contributed by atoms with Gasteiger partial charge in [-0.15, -0.1) is 0 Å². The number of amides is 1. The molecule has 31 heavy (non-hydrogen) atoms. The maximum absolute atomic E-state index is 12.4. The summed E-state index contributed by atoms with van der Waals surface area (Å²) in [6.07, 6.45) is 15.3. The summed E-state index contributed by atoms with van der Waals surface area (Å²) in [4.78, 5) is 12.4. The Morgan fingerprint density at radius 3 is 2.42 bits per heavy atom. The number of aryl methyl sites for hydroxylation is 1. The molecule has 0 atom stereocenters. The molecule has 4 N–H and O–H groups in total. The molecule has 2 fully saturated rings. The fourth-order valence-corrected chi connectivity index (χ4v) is 4.49. The molecule has 1 aromatic rings. The molecule has 2 aliphatic carbocycles. The summed E-state index contributed by atoms with van der Waals surface area (Å²) in [5.41, 5.74) is 6.88. The molecule has 0 radical (unpaired) electrons. The highest BCUT2D eigenvalue weighted by Crippen LogP contribution is 2.46. The lowest BCUT2D eigenvalue weighted by Gasteiger charge is -2.21. The molecule has 0 saturated heterocycles. The maximum atomic E-state index is 12.4. The van der Waals surface area contributed by atoms with Crippen LogP contribution in [0, 0.1) is 11.3 Å². The van der Waals surface area contributed by atoms with Crippen LogP contribution in [0.25, 0.3) is 0 Å². The van der Waals surface area contributed by atoms with Crippen LogP contribution in [0.3, 0.4) is 0 Å². The number of hydrogen-bond donors (Lipinski definition) is 3. The highest BCUT2D eigenvalue weighted by Gasteiger charge is 2.54. The quantitative estimate of drug-likeness (QED) is 0.131. The van der Waals surface area contributed by atoms with Crippen molar-refractivity contribution in [2.75, 3.05) is 18.5 Å². The number of oxime groups is 1. The smallest absolute Gasteiger partial charge is 0.238 e. The van der Waals surface area contributed by atoms with E-state index in [0.29, 0.717) is 12.8 Å². The van der Waals surface area contributed by atoms with Crippen molar-refractivity contribution >= 4 is 17.4 Å². The Morgan fingerprint density at radius 2 is 1.74 bits per heavy atom. The van der Waals surface area contributed by atoms with Crippen LogP contribution in [-0.4, -0.2) is 30.2 Å². The van der Waals surface area contributed by atoms with Gasteiger partial charge in [0.25, 0.3) is 0 Å². The molecule has 6 heteroatoms. The summed E-state index contributed by atoms with van der Waals surface area (Å²) in [5, 5.41) is 14.8. The largest absolute Gasteiger partial charge is 0.409 e. The molecule has 0 aliphatic heterocycles. The Balaban J connectivity index is 1.22. The molecule has 0 unspecified atom stereocenters. The number of rotatable bonds is 13. The standard InChI is InChI=1S/C25H39N3O3/c26-23(28-30)25(16-17-25)24(29)27-22-14-12-20(13-15-22)9-5-2-1-3-8-18-31-19-21-10-6-4-7-11-21/h12-15,21,30H,1-11,16-19H2,(H2,26,28)(H,27,29). The van der Waals surface area contributed by atoms with Gasteiger partial charge in [-0.25, -0.2) is 0 Å². The highest BCUT2D eigenvalue weighted by atomic mass is 16.5. The summed E-state index contributed by atoms with van der Waals surface area (Å²) in [7, 11) is 0. The second-order valence-electron chi connectivity index (χ2n) is 9.32. The van der Waals surface area contributed by atoms with E-state index in [2.05, 4.69) is 22.6 Å². The van der Waals surface area contributed by atoms with E-state index < -0.39 is 5.41 Å². The minimum absolute atomic E-state index is 0.00240. The molecule has 2 aliphatic rings. The molecule has 1 amide bonds. The van der Waals surface area contributed by atoms with Gasteiger partial charge < -0.3 is 21.0 Å². The Hall–Kier alpha value is -2.08. The van der Waals surface area contributed by atoms with Crippen LogP contribution in [0.2, 0.25) is 0 Å². The van der Waals surface area contributed by atoms with E-state index in [4.69, 9.17) is 15.7 Å². The van der Waals surface area contributed by atoms with E-state index in [9.17, 15) is 4.79 Å². The lowest BCUT2D eigenvalue weighted by molar-refractivity contribution is -0.119. The molecular weight excluding hydrogens is 390 g/mol. The average Bonchev–Trinajstić information content (AvgIpc) is 3.61. The van der Waals surface area contributed by atoms with Crippen LogP contribution in [0.1, 0.15) is 82.6 Å². The van der Waals surface area contributed by atoms with Crippen molar-refractivity contribution in [3.8, 4) is 0 Å². The van der Waals surface area contributed by atoms with Crippen LogP contribution in [0.5, 0.6) is 0 Å². The maximum Gasteiger partial charge on any atom is 0.238 e. The van der Waals surface area contributed by atoms with Gasteiger partial charge in [-0.05, 0) is 68.6 Å². The van der Waals surface area contributed by atoms with Gasteiger partial charge in [0.15, 0.2) is 5.84 Å². The number of benzene rings is 1. The third-order valence-corrected chi connectivity index (χ3v) is 6.83. The third kappa shape index (κ3) is 7.23. The average molecular weight is 430 g/mol. The second-order valence-corrected chi connectivity index (χ2v) is 9.32. The monoisotopic (exact) mass is 429 g/mol. The third-order valence-electron chi connectivity index (χ3n) is 6.83. The van der Waals surface area contributed by atoms with Crippen LogP contribution >= 0.6 is 0 Å². The lowest BCUT2D eigenvalue weighted by atomic mass is 9.90. The van der Waals surface area contributed by atoms with Gasteiger partial charge in [0, 0.05) is 18.9 Å². The van der Waals surface area contributed by atoms with Gasteiger partial charge in [0.1, 0.15) is 5.41 Å². The van der Waals surface area contributed by atoms with Gasteiger partial charge in [0.05, 0.1) is 0 Å². The fraction of sp³-hybridized carbons (Fsp3) is 0.680. The zero-order valence-corrected chi connectivity index (χ0v) is 18.8. The van der Waals surface area contributed by atoms with Gasteiger partial charge in [-0.2, -0.15) is 0 Å². The highest BCUT2D eigenvalue weighted by molar-refractivity contribution is 6.14. The molecule has 172 valence electrons. The van der Waals surface area contributed by atoms with Gasteiger partial charge in [-0.3, -0.25) is 4.79 Å². The SMILES string of the molecule is N/C(=N\O)C1(C(=O)Nc2ccc(CCCCCCCOCC3CCCCC3)cc2)CC1. The number of nitrogens with one attached hydrogen (secondary N) is 1. The van der Waals surface area contributed by atoms with Gasteiger partial charge >= 0.3 is 0 Å². The first kappa shape index (κ1) is 23.6. The number of carbonyl (C=O) groups is 1. The molecule has 0 aromatic heterocycles. The Bertz CT molecular complexity index is 707. The normalized spacial score (nSPS) is 18.6. The molecule has 1 aromatic carbocycles. The number of ether oxygens (including phenoxy) is 1. The van der Waals surface area contributed by atoms with E-state index in [1.165, 1.54) is 69.8 Å². The molecule has 0 spiro atoms. The predicted molar refractivity (Wildman–Crippen MR) is 124 cm³/mol. The summed E-state index contributed by atoms with van der Waals surface area (Å²) >= 11 is 0. The predicted octanol–water partition coefficient (Wildman–Crippen LogP) is 5.24. The van der Waals surface area contributed by atoms with E-state index in [0.717, 1.165) is 31.2 Å². The van der Waals surface area contributed by atoms with Crippen molar-refractivity contribution in [3.05, 3.63) is 29.8 Å². The topological polar surface area (TPSA) is 96.9 Å². The molecule has 3 rings (SSSR count). The van der Waals surface area contributed by atoms with Crippen molar-refractivity contribution in [2.24, 2.45) is 22.2 Å². The first-order valence-corrected chi connectivity index (χ1v) is 12.1.